The van der Waals surface area contributed by atoms with E-state index in [9.17, 15) is 4.79 Å². The van der Waals surface area contributed by atoms with E-state index in [1.54, 1.807) is 7.11 Å². The third kappa shape index (κ3) is 2.45. The van der Waals surface area contributed by atoms with Gasteiger partial charge in [-0.3, -0.25) is 4.79 Å². The van der Waals surface area contributed by atoms with Crippen molar-refractivity contribution in [3.8, 4) is 0 Å². The summed E-state index contributed by atoms with van der Waals surface area (Å²) in [7, 11) is 1.69. The molecule has 80 valence electrons. The van der Waals surface area contributed by atoms with Crippen molar-refractivity contribution in [3.05, 3.63) is 0 Å². The number of methoxy groups -OCH3 is 1. The lowest BCUT2D eigenvalue weighted by Gasteiger charge is -2.10. The molecule has 4 nitrogen and oxygen atoms in total. The predicted molar refractivity (Wildman–Crippen MR) is 52.9 cm³/mol. The summed E-state index contributed by atoms with van der Waals surface area (Å²) in [6.07, 6.45) is 3.55. The second-order valence-corrected chi connectivity index (χ2v) is 4.24. The normalized spacial score (nSPS) is 31.8. The number of carbonyl (C=O) groups is 1. The molecule has 2 aliphatic rings. The Morgan fingerprint density at radius 2 is 2.36 bits per heavy atom. The minimum atomic E-state index is -0.0429. The van der Waals surface area contributed by atoms with Gasteiger partial charge in [-0.05, 0) is 25.2 Å². The van der Waals surface area contributed by atoms with Gasteiger partial charge in [-0.25, -0.2) is 0 Å². The Hall–Kier alpha value is -0.610. The van der Waals surface area contributed by atoms with Crippen molar-refractivity contribution >= 4 is 5.91 Å². The molecule has 2 N–H and O–H groups in total. The summed E-state index contributed by atoms with van der Waals surface area (Å²) in [4.78, 5) is 11.6. The second-order valence-electron chi connectivity index (χ2n) is 4.24. The topological polar surface area (TPSA) is 50.4 Å². The number of ether oxygens (including phenoxy) is 1. The molecule has 1 heterocycles. The van der Waals surface area contributed by atoms with Gasteiger partial charge in [0, 0.05) is 20.2 Å². The van der Waals surface area contributed by atoms with Crippen LogP contribution >= 0.6 is 0 Å². The van der Waals surface area contributed by atoms with Crippen LogP contribution in [-0.4, -0.2) is 38.3 Å². The molecule has 2 unspecified atom stereocenters. The molecule has 1 saturated carbocycles. The van der Waals surface area contributed by atoms with Crippen LogP contribution in [0.25, 0.3) is 0 Å². The summed E-state index contributed by atoms with van der Waals surface area (Å²) < 4.78 is 5.19. The minimum absolute atomic E-state index is 0.0429. The van der Waals surface area contributed by atoms with Gasteiger partial charge in [0.1, 0.15) is 0 Å². The quantitative estimate of drug-likeness (QED) is 0.662. The third-order valence-electron chi connectivity index (χ3n) is 3.00. The summed E-state index contributed by atoms with van der Waals surface area (Å²) in [6.45, 7) is 1.65. The Morgan fingerprint density at radius 3 is 2.93 bits per heavy atom. The smallest absolute Gasteiger partial charge is 0.237 e. The fourth-order valence-corrected chi connectivity index (χ4v) is 1.77. The van der Waals surface area contributed by atoms with Gasteiger partial charge in [0.15, 0.2) is 0 Å². The zero-order valence-corrected chi connectivity index (χ0v) is 8.58. The molecule has 1 aliphatic carbocycles. The lowest BCUT2D eigenvalue weighted by molar-refractivity contribution is -0.123. The van der Waals surface area contributed by atoms with Crippen LogP contribution in [0.15, 0.2) is 0 Å². The summed E-state index contributed by atoms with van der Waals surface area (Å²) >= 11 is 0. The number of carbonyl (C=O) groups excluding carboxylic acids is 1. The fraction of sp³-hybridized carbons (Fsp3) is 0.900. The molecule has 1 aliphatic heterocycles. The number of nitrogens with one attached hydrogen (secondary N) is 2. The highest BCUT2D eigenvalue weighted by atomic mass is 16.5. The van der Waals surface area contributed by atoms with E-state index in [4.69, 9.17) is 4.74 Å². The summed E-state index contributed by atoms with van der Waals surface area (Å²) in [5.74, 6) is 0.884. The van der Waals surface area contributed by atoms with Crippen LogP contribution in [0, 0.1) is 5.92 Å². The molecule has 0 spiro atoms. The van der Waals surface area contributed by atoms with E-state index >= 15 is 0 Å². The first-order chi connectivity index (χ1) is 6.79. The SMILES string of the molecule is COC1CNC(C(=O)NCC2CC2)C1. The van der Waals surface area contributed by atoms with Crippen molar-refractivity contribution in [1.82, 2.24) is 10.6 Å². The summed E-state index contributed by atoms with van der Waals surface area (Å²) in [5, 5.41) is 6.14. The number of rotatable bonds is 4. The van der Waals surface area contributed by atoms with E-state index in [1.165, 1.54) is 12.8 Å². The molecule has 0 aromatic carbocycles. The monoisotopic (exact) mass is 198 g/mol. The van der Waals surface area contributed by atoms with Gasteiger partial charge in [0.2, 0.25) is 5.91 Å². The van der Waals surface area contributed by atoms with Gasteiger partial charge in [-0.1, -0.05) is 0 Å². The maximum absolute atomic E-state index is 11.6. The van der Waals surface area contributed by atoms with Crippen LogP contribution in [-0.2, 0) is 9.53 Å². The molecular weight excluding hydrogens is 180 g/mol. The molecule has 0 radical (unpaired) electrons. The first-order valence-corrected chi connectivity index (χ1v) is 5.33. The molecule has 1 amide bonds. The van der Waals surface area contributed by atoms with Gasteiger partial charge in [0.05, 0.1) is 12.1 Å². The van der Waals surface area contributed by atoms with Crippen molar-refractivity contribution in [1.29, 1.82) is 0 Å². The van der Waals surface area contributed by atoms with E-state index in [2.05, 4.69) is 10.6 Å². The Balaban J connectivity index is 1.69. The highest BCUT2D eigenvalue weighted by molar-refractivity contribution is 5.82. The average molecular weight is 198 g/mol. The fourth-order valence-electron chi connectivity index (χ4n) is 1.77. The van der Waals surface area contributed by atoms with E-state index in [0.29, 0.717) is 0 Å². The Bertz CT molecular complexity index is 216. The first kappa shape index (κ1) is 9.93. The predicted octanol–water partition coefficient (Wildman–Crippen LogP) is -0.111. The molecule has 0 aromatic rings. The third-order valence-corrected chi connectivity index (χ3v) is 3.00. The Labute approximate surface area is 84.4 Å². The standard InChI is InChI=1S/C10H18N2O2/c1-14-8-4-9(11-6-8)10(13)12-5-7-2-3-7/h7-9,11H,2-6H2,1H3,(H,12,13). The van der Waals surface area contributed by atoms with Gasteiger partial charge >= 0.3 is 0 Å². The molecule has 1 saturated heterocycles. The van der Waals surface area contributed by atoms with Crippen molar-refractivity contribution in [2.24, 2.45) is 5.92 Å². The zero-order valence-electron chi connectivity index (χ0n) is 8.58. The van der Waals surface area contributed by atoms with Gasteiger partial charge < -0.3 is 15.4 Å². The van der Waals surface area contributed by atoms with Gasteiger partial charge in [0.25, 0.3) is 0 Å². The minimum Gasteiger partial charge on any atom is -0.380 e. The summed E-state index contributed by atoms with van der Waals surface area (Å²) in [5.41, 5.74) is 0. The van der Waals surface area contributed by atoms with E-state index in [1.807, 2.05) is 0 Å². The molecule has 14 heavy (non-hydrogen) atoms. The molecule has 2 fully saturated rings. The second kappa shape index (κ2) is 4.28. The first-order valence-electron chi connectivity index (χ1n) is 5.33. The maximum Gasteiger partial charge on any atom is 0.237 e. The zero-order chi connectivity index (χ0) is 9.97. The Kier molecular flexibility index (Phi) is 3.03. The van der Waals surface area contributed by atoms with E-state index in [-0.39, 0.29) is 18.1 Å². The van der Waals surface area contributed by atoms with Crippen LogP contribution < -0.4 is 10.6 Å². The van der Waals surface area contributed by atoms with Crippen molar-refractivity contribution < 1.29 is 9.53 Å². The highest BCUT2D eigenvalue weighted by Crippen LogP contribution is 2.27. The van der Waals surface area contributed by atoms with Crippen LogP contribution in [0.2, 0.25) is 0 Å². The molecular formula is C10H18N2O2. The van der Waals surface area contributed by atoms with E-state index < -0.39 is 0 Å². The van der Waals surface area contributed by atoms with Crippen LogP contribution in [0.1, 0.15) is 19.3 Å². The lowest BCUT2D eigenvalue weighted by Crippen LogP contribution is -2.41. The van der Waals surface area contributed by atoms with E-state index in [0.717, 1.165) is 25.4 Å². The molecule has 4 heteroatoms. The Morgan fingerprint density at radius 1 is 1.57 bits per heavy atom. The van der Waals surface area contributed by atoms with Crippen LogP contribution in [0.4, 0.5) is 0 Å². The molecule has 2 rings (SSSR count). The number of hydrogen-bond donors (Lipinski definition) is 2. The molecule has 0 aromatic heterocycles. The van der Waals surface area contributed by atoms with Crippen molar-refractivity contribution in [2.45, 2.75) is 31.4 Å². The number of hydrogen-bond acceptors (Lipinski definition) is 3. The maximum atomic E-state index is 11.6. The average Bonchev–Trinajstić information content (AvgIpc) is 2.90. The van der Waals surface area contributed by atoms with Gasteiger partial charge in [-0.15, -0.1) is 0 Å². The van der Waals surface area contributed by atoms with Gasteiger partial charge in [-0.2, -0.15) is 0 Å². The molecule has 0 bridgehead atoms. The van der Waals surface area contributed by atoms with Crippen LogP contribution in [0.3, 0.4) is 0 Å². The lowest BCUT2D eigenvalue weighted by atomic mass is 10.2. The molecule has 2 atom stereocenters. The summed E-state index contributed by atoms with van der Waals surface area (Å²) in [6, 6.07) is -0.0429. The number of amides is 1. The van der Waals surface area contributed by atoms with Crippen molar-refractivity contribution in [2.75, 3.05) is 20.2 Å². The largest absolute Gasteiger partial charge is 0.380 e. The highest BCUT2D eigenvalue weighted by Gasteiger charge is 2.30. The van der Waals surface area contributed by atoms with Crippen LogP contribution in [0.5, 0.6) is 0 Å². The van der Waals surface area contributed by atoms with Crippen molar-refractivity contribution in [3.63, 3.8) is 0 Å².